The molecule has 11 heteroatoms. The molecule has 1 saturated heterocycles. The Balaban J connectivity index is 1.64. The van der Waals surface area contributed by atoms with Gasteiger partial charge in [0.15, 0.2) is 12.4 Å². The van der Waals surface area contributed by atoms with Crippen LogP contribution in [0.25, 0.3) is 0 Å². The van der Waals surface area contributed by atoms with Crippen LogP contribution in [0.5, 0.6) is 0 Å². The lowest BCUT2D eigenvalue weighted by Crippen LogP contribution is -2.43. The SMILES string of the molecule is CC(=O)[C@@H](Cc1ccccc1)NC(=O)COC(=O)c1cc(S(=O)(=O)N2CCOCC2)ccc1F. The van der Waals surface area contributed by atoms with Crippen molar-refractivity contribution < 1.29 is 36.7 Å². The molecule has 2 aromatic rings. The molecule has 34 heavy (non-hydrogen) atoms. The lowest BCUT2D eigenvalue weighted by atomic mass is 10.0. The van der Waals surface area contributed by atoms with E-state index in [0.29, 0.717) is 0 Å². The van der Waals surface area contributed by atoms with Crippen LogP contribution in [0.4, 0.5) is 4.39 Å². The second-order valence-corrected chi connectivity index (χ2v) is 9.59. The van der Waals surface area contributed by atoms with Crippen LogP contribution >= 0.6 is 0 Å². The molecule has 1 aliphatic rings. The number of benzene rings is 2. The molecule has 0 saturated carbocycles. The standard InChI is InChI=1S/C23H25FN2O7S/c1-16(27)21(13-17-5-3-2-4-6-17)25-22(28)15-33-23(29)19-14-18(7-8-20(19)24)34(30,31)26-9-11-32-12-10-26/h2-8,14,21H,9-13,15H2,1H3,(H,25,28)/t21-/m1/s1. The minimum absolute atomic E-state index is 0.139. The predicted molar refractivity (Wildman–Crippen MR) is 119 cm³/mol. The first kappa shape index (κ1) is 25.5. The van der Waals surface area contributed by atoms with E-state index in [-0.39, 0.29) is 43.4 Å². The average Bonchev–Trinajstić information content (AvgIpc) is 2.83. The molecule has 0 bridgehead atoms. The summed E-state index contributed by atoms with van der Waals surface area (Å²) in [6.45, 7) is 1.30. The van der Waals surface area contributed by atoms with E-state index >= 15 is 0 Å². The van der Waals surface area contributed by atoms with Crippen LogP contribution in [-0.4, -0.2) is 69.3 Å². The second kappa shape index (κ2) is 11.3. The number of amides is 1. The highest BCUT2D eigenvalue weighted by Gasteiger charge is 2.28. The van der Waals surface area contributed by atoms with Crippen LogP contribution in [0.1, 0.15) is 22.8 Å². The first-order valence-electron chi connectivity index (χ1n) is 10.6. The summed E-state index contributed by atoms with van der Waals surface area (Å²) in [6, 6.07) is 11.0. The van der Waals surface area contributed by atoms with Gasteiger partial charge in [-0.05, 0) is 37.1 Å². The largest absolute Gasteiger partial charge is 0.452 e. The van der Waals surface area contributed by atoms with E-state index in [2.05, 4.69) is 5.32 Å². The Hall–Kier alpha value is -3.15. The highest BCUT2D eigenvalue weighted by Crippen LogP contribution is 2.21. The lowest BCUT2D eigenvalue weighted by Gasteiger charge is -2.26. The highest BCUT2D eigenvalue weighted by atomic mass is 32.2. The van der Waals surface area contributed by atoms with Crippen LogP contribution in [0.15, 0.2) is 53.4 Å². The summed E-state index contributed by atoms with van der Waals surface area (Å²) in [7, 11) is -3.96. The maximum atomic E-state index is 14.3. The first-order valence-corrected chi connectivity index (χ1v) is 12.0. The highest BCUT2D eigenvalue weighted by molar-refractivity contribution is 7.89. The third kappa shape index (κ3) is 6.46. The number of esters is 1. The Bertz CT molecular complexity index is 1150. The number of nitrogens with one attached hydrogen (secondary N) is 1. The van der Waals surface area contributed by atoms with E-state index in [1.165, 1.54) is 11.2 Å². The number of halogens is 1. The first-order chi connectivity index (χ1) is 16.2. The molecule has 3 rings (SSSR count). The predicted octanol–water partition coefficient (Wildman–Crippen LogP) is 1.32. The zero-order valence-electron chi connectivity index (χ0n) is 18.5. The van der Waals surface area contributed by atoms with Gasteiger partial charge in [-0.3, -0.25) is 9.59 Å². The van der Waals surface area contributed by atoms with Crippen molar-refractivity contribution in [1.29, 1.82) is 0 Å². The molecule has 0 spiro atoms. The van der Waals surface area contributed by atoms with Gasteiger partial charge in [0.25, 0.3) is 5.91 Å². The molecule has 0 aromatic heterocycles. The minimum atomic E-state index is -3.96. The van der Waals surface area contributed by atoms with Gasteiger partial charge in [-0.1, -0.05) is 30.3 Å². The average molecular weight is 493 g/mol. The van der Waals surface area contributed by atoms with Gasteiger partial charge in [-0.25, -0.2) is 17.6 Å². The summed E-state index contributed by atoms with van der Waals surface area (Å²) in [5.41, 5.74) is 0.217. The molecule has 2 aromatic carbocycles. The van der Waals surface area contributed by atoms with Crippen molar-refractivity contribution >= 4 is 27.7 Å². The summed E-state index contributed by atoms with van der Waals surface area (Å²) >= 11 is 0. The molecule has 1 amide bonds. The number of rotatable bonds is 9. The number of Topliss-reactive ketones (excluding diaryl/α,β-unsaturated/α-hetero) is 1. The van der Waals surface area contributed by atoms with Crippen molar-refractivity contribution in [3.8, 4) is 0 Å². The normalized spacial score (nSPS) is 15.4. The molecular weight excluding hydrogens is 467 g/mol. The van der Waals surface area contributed by atoms with Gasteiger partial charge in [0.2, 0.25) is 10.0 Å². The van der Waals surface area contributed by atoms with E-state index in [1.54, 1.807) is 12.1 Å². The molecule has 1 fully saturated rings. The molecule has 1 N–H and O–H groups in total. The number of morpholine rings is 1. The second-order valence-electron chi connectivity index (χ2n) is 7.65. The summed E-state index contributed by atoms with van der Waals surface area (Å²) in [6.07, 6.45) is 0.256. The Morgan fingerprint density at radius 2 is 1.79 bits per heavy atom. The van der Waals surface area contributed by atoms with Crippen LogP contribution in [0, 0.1) is 5.82 Å². The van der Waals surface area contributed by atoms with Crippen LogP contribution in [-0.2, 0) is 35.5 Å². The van der Waals surface area contributed by atoms with Gasteiger partial charge in [-0.2, -0.15) is 4.31 Å². The smallest absolute Gasteiger partial charge is 0.341 e. The van der Waals surface area contributed by atoms with E-state index in [9.17, 15) is 27.2 Å². The fraction of sp³-hybridized carbons (Fsp3) is 0.348. The fourth-order valence-electron chi connectivity index (χ4n) is 3.35. The summed E-state index contributed by atoms with van der Waals surface area (Å²) in [4.78, 5) is 36.3. The van der Waals surface area contributed by atoms with Crippen molar-refractivity contribution in [1.82, 2.24) is 9.62 Å². The molecule has 182 valence electrons. The lowest BCUT2D eigenvalue weighted by molar-refractivity contribution is -0.128. The van der Waals surface area contributed by atoms with Crippen LogP contribution in [0.2, 0.25) is 0 Å². The number of ketones is 1. The molecule has 0 unspecified atom stereocenters. The molecular formula is C23H25FN2O7S. The maximum Gasteiger partial charge on any atom is 0.341 e. The van der Waals surface area contributed by atoms with Crippen molar-refractivity contribution in [3.05, 3.63) is 65.5 Å². The van der Waals surface area contributed by atoms with Crippen molar-refractivity contribution in [2.75, 3.05) is 32.9 Å². The van der Waals surface area contributed by atoms with Gasteiger partial charge >= 0.3 is 5.97 Å². The number of hydrogen-bond donors (Lipinski definition) is 1. The summed E-state index contributed by atoms with van der Waals surface area (Å²) in [5, 5.41) is 2.49. The van der Waals surface area contributed by atoms with Gasteiger partial charge < -0.3 is 14.8 Å². The number of hydrogen-bond acceptors (Lipinski definition) is 7. The summed E-state index contributed by atoms with van der Waals surface area (Å²) < 4.78 is 51.0. The molecule has 0 radical (unpaired) electrons. The minimum Gasteiger partial charge on any atom is -0.452 e. The number of nitrogens with zero attached hydrogens (tertiary/aromatic N) is 1. The molecule has 1 aliphatic heterocycles. The van der Waals surface area contributed by atoms with Gasteiger partial charge in [0.05, 0.1) is 29.7 Å². The Morgan fingerprint density at radius 3 is 2.44 bits per heavy atom. The quantitative estimate of drug-likeness (QED) is 0.525. The van der Waals surface area contributed by atoms with E-state index < -0.39 is 45.9 Å². The van der Waals surface area contributed by atoms with Crippen LogP contribution < -0.4 is 5.32 Å². The van der Waals surface area contributed by atoms with Gasteiger partial charge in [-0.15, -0.1) is 0 Å². The van der Waals surface area contributed by atoms with E-state index in [1.807, 2.05) is 18.2 Å². The Kier molecular flexibility index (Phi) is 8.48. The molecule has 0 aliphatic carbocycles. The number of ether oxygens (including phenoxy) is 2. The monoisotopic (exact) mass is 492 g/mol. The number of carbonyl (C=O) groups excluding carboxylic acids is 3. The molecule has 1 atom stereocenters. The Labute approximate surface area is 196 Å². The zero-order chi connectivity index (χ0) is 24.7. The van der Waals surface area contributed by atoms with Crippen molar-refractivity contribution in [2.24, 2.45) is 0 Å². The summed E-state index contributed by atoms with van der Waals surface area (Å²) in [5.74, 6) is -3.22. The van der Waals surface area contributed by atoms with Crippen molar-refractivity contribution in [2.45, 2.75) is 24.3 Å². The van der Waals surface area contributed by atoms with Crippen molar-refractivity contribution in [3.63, 3.8) is 0 Å². The van der Waals surface area contributed by atoms with Gasteiger partial charge in [0, 0.05) is 13.1 Å². The van der Waals surface area contributed by atoms with E-state index in [4.69, 9.17) is 9.47 Å². The van der Waals surface area contributed by atoms with E-state index in [0.717, 1.165) is 23.8 Å². The molecule has 1 heterocycles. The zero-order valence-corrected chi connectivity index (χ0v) is 19.3. The molecule has 9 nitrogen and oxygen atoms in total. The fourth-order valence-corrected chi connectivity index (χ4v) is 4.78. The number of carbonyl (C=O) groups is 3. The Morgan fingerprint density at radius 1 is 1.12 bits per heavy atom. The van der Waals surface area contributed by atoms with Gasteiger partial charge in [0.1, 0.15) is 5.82 Å². The number of sulfonamides is 1. The third-order valence-electron chi connectivity index (χ3n) is 5.21. The van der Waals surface area contributed by atoms with Crippen LogP contribution in [0.3, 0.4) is 0 Å². The maximum absolute atomic E-state index is 14.3. The topological polar surface area (TPSA) is 119 Å². The third-order valence-corrected chi connectivity index (χ3v) is 7.10.